The lowest BCUT2D eigenvalue weighted by molar-refractivity contribution is -0.384. The van der Waals surface area contributed by atoms with Crippen LogP contribution in [0.15, 0.2) is 35.2 Å². The molecule has 0 saturated carbocycles. The molecule has 0 unspecified atom stereocenters. The largest absolute Gasteiger partial charge is 0.494 e. The summed E-state index contributed by atoms with van der Waals surface area (Å²) < 4.78 is 5.19. The number of hydrogen-bond acceptors (Lipinski definition) is 8. The Balaban J connectivity index is 1.85. The van der Waals surface area contributed by atoms with E-state index in [0.717, 1.165) is 10.7 Å². The Morgan fingerprint density at radius 3 is 2.91 bits per heavy atom. The third kappa shape index (κ3) is 2.90. The third-order valence-corrected chi connectivity index (χ3v) is 4.35. The van der Waals surface area contributed by atoms with E-state index in [1.54, 1.807) is 12.3 Å². The Kier molecular flexibility index (Phi) is 3.98. The summed E-state index contributed by atoms with van der Waals surface area (Å²) in [5, 5.41) is 19.2. The number of benzene rings is 1. The van der Waals surface area contributed by atoms with Crippen LogP contribution in [0.3, 0.4) is 0 Å². The highest BCUT2D eigenvalue weighted by Crippen LogP contribution is 2.33. The monoisotopic (exact) mass is 334 g/mol. The van der Waals surface area contributed by atoms with Gasteiger partial charge in [0.25, 0.3) is 5.69 Å². The topological polar surface area (TPSA) is 90.2 Å². The summed E-state index contributed by atoms with van der Waals surface area (Å²) in [6.45, 7) is 0. The average Bonchev–Trinajstić information content (AvgIpc) is 3.18. The lowest BCUT2D eigenvalue weighted by Gasteiger charge is -2.08. The molecule has 9 heteroatoms. The molecule has 0 amide bonds. The molecule has 0 aliphatic rings. The third-order valence-electron chi connectivity index (χ3n) is 2.79. The van der Waals surface area contributed by atoms with Gasteiger partial charge < -0.3 is 10.1 Å². The normalized spacial score (nSPS) is 10.4. The van der Waals surface area contributed by atoms with E-state index in [-0.39, 0.29) is 5.69 Å². The molecule has 2 aromatic heterocycles. The molecule has 0 aliphatic carbocycles. The molecule has 0 spiro atoms. The van der Waals surface area contributed by atoms with E-state index < -0.39 is 4.92 Å². The number of anilines is 2. The van der Waals surface area contributed by atoms with E-state index in [1.165, 1.54) is 41.9 Å². The number of nitro groups is 1. The quantitative estimate of drug-likeness (QED) is 0.561. The van der Waals surface area contributed by atoms with Crippen LogP contribution in [0.25, 0.3) is 10.7 Å². The molecule has 0 atom stereocenters. The first-order valence-corrected chi connectivity index (χ1v) is 7.88. The molecule has 0 saturated heterocycles. The summed E-state index contributed by atoms with van der Waals surface area (Å²) in [6, 6.07) is 4.39. The van der Waals surface area contributed by atoms with Gasteiger partial charge in [-0.15, -0.1) is 22.7 Å². The zero-order chi connectivity index (χ0) is 15.5. The second-order valence-electron chi connectivity index (χ2n) is 4.14. The van der Waals surface area contributed by atoms with Gasteiger partial charge in [-0.05, 0) is 6.07 Å². The Labute approximate surface area is 133 Å². The van der Waals surface area contributed by atoms with Crippen molar-refractivity contribution >= 4 is 39.2 Å². The van der Waals surface area contributed by atoms with Crippen LogP contribution in [-0.4, -0.2) is 22.0 Å². The van der Waals surface area contributed by atoms with Crippen LogP contribution in [0.2, 0.25) is 0 Å². The van der Waals surface area contributed by atoms with E-state index in [9.17, 15) is 10.1 Å². The van der Waals surface area contributed by atoms with E-state index in [4.69, 9.17) is 4.74 Å². The summed E-state index contributed by atoms with van der Waals surface area (Å²) >= 11 is 2.94. The van der Waals surface area contributed by atoms with Gasteiger partial charge in [0.1, 0.15) is 16.5 Å². The van der Waals surface area contributed by atoms with Crippen LogP contribution in [0.4, 0.5) is 16.5 Å². The fourth-order valence-electron chi connectivity index (χ4n) is 1.79. The van der Waals surface area contributed by atoms with Gasteiger partial charge >= 0.3 is 0 Å². The van der Waals surface area contributed by atoms with Gasteiger partial charge in [-0.3, -0.25) is 10.1 Å². The number of hydrogen-bond donors (Lipinski definition) is 1. The van der Waals surface area contributed by atoms with Gasteiger partial charge in [-0.25, -0.2) is 9.97 Å². The Hall–Kier alpha value is -2.52. The standard InChI is InChI=1S/C13H10N4O3S2/c1-20-11-6-8(17(18)19)2-3-9(11)15-13-16-10(7-22-13)12-14-4-5-21-12/h2-7H,1H3,(H,15,16). The highest BCUT2D eigenvalue weighted by Gasteiger charge is 2.13. The number of nitrogens with one attached hydrogen (secondary N) is 1. The number of rotatable bonds is 5. The molecule has 2 heterocycles. The maximum absolute atomic E-state index is 10.8. The van der Waals surface area contributed by atoms with Crippen molar-refractivity contribution in [2.24, 2.45) is 0 Å². The fourth-order valence-corrected chi connectivity index (χ4v) is 3.17. The van der Waals surface area contributed by atoms with Crippen molar-refractivity contribution in [3.05, 3.63) is 45.3 Å². The number of methoxy groups -OCH3 is 1. The summed E-state index contributed by atoms with van der Waals surface area (Å²) in [4.78, 5) is 19.0. The van der Waals surface area contributed by atoms with Crippen molar-refractivity contribution in [2.75, 3.05) is 12.4 Å². The maximum Gasteiger partial charge on any atom is 0.273 e. The summed E-state index contributed by atoms with van der Waals surface area (Å²) in [7, 11) is 1.47. The van der Waals surface area contributed by atoms with Gasteiger partial charge in [0.05, 0.1) is 23.8 Å². The molecule has 22 heavy (non-hydrogen) atoms. The van der Waals surface area contributed by atoms with Gasteiger partial charge in [0.15, 0.2) is 5.13 Å². The first-order chi connectivity index (χ1) is 10.7. The zero-order valence-corrected chi connectivity index (χ0v) is 13.0. The lowest BCUT2D eigenvalue weighted by Crippen LogP contribution is -1.96. The van der Waals surface area contributed by atoms with Crippen LogP contribution < -0.4 is 10.1 Å². The molecule has 1 N–H and O–H groups in total. The molecule has 0 bridgehead atoms. The number of thiazole rings is 2. The van der Waals surface area contributed by atoms with Crippen LogP contribution >= 0.6 is 22.7 Å². The van der Waals surface area contributed by atoms with Crippen molar-refractivity contribution < 1.29 is 9.66 Å². The number of nitro benzene ring substituents is 1. The maximum atomic E-state index is 10.8. The van der Waals surface area contributed by atoms with Crippen LogP contribution in [0.1, 0.15) is 0 Å². The van der Waals surface area contributed by atoms with E-state index in [0.29, 0.717) is 16.6 Å². The number of ether oxygens (including phenoxy) is 1. The minimum absolute atomic E-state index is 0.0231. The predicted octanol–water partition coefficient (Wildman–Crippen LogP) is 3.93. The van der Waals surface area contributed by atoms with Crippen LogP contribution in [0, 0.1) is 10.1 Å². The molecular weight excluding hydrogens is 324 g/mol. The molecular formula is C13H10N4O3S2. The molecule has 3 aromatic rings. The van der Waals surface area contributed by atoms with Crippen LogP contribution in [-0.2, 0) is 0 Å². The van der Waals surface area contributed by atoms with E-state index >= 15 is 0 Å². The van der Waals surface area contributed by atoms with Gasteiger partial charge in [-0.1, -0.05) is 0 Å². The molecule has 0 fully saturated rings. The molecule has 1 aromatic carbocycles. The van der Waals surface area contributed by atoms with Gasteiger partial charge in [0, 0.05) is 23.0 Å². The van der Waals surface area contributed by atoms with Crippen molar-refractivity contribution in [3.63, 3.8) is 0 Å². The Morgan fingerprint density at radius 1 is 1.36 bits per heavy atom. The smallest absolute Gasteiger partial charge is 0.273 e. The SMILES string of the molecule is COc1cc([N+](=O)[O-])ccc1Nc1nc(-c2nccs2)cs1. The van der Waals surface area contributed by atoms with Crippen molar-refractivity contribution in [1.29, 1.82) is 0 Å². The second-order valence-corrected chi connectivity index (χ2v) is 5.89. The molecule has 3 rings (SSSR count). The lowest BCUT2D eigenvalue weighted by atomic mass is 10.2. The molecule has 0 radical (unpaired) electrons. The predicted molar refractivity (Wildman–Crippen MR) is 86.2 cm³/mol. The van der Waals surface area contributed by atoms with Crippen molar-refractivity contribution in [2.45, 2.75) is 0 Å². The minimum atomic E-state index is -0.462. The van der Waals surface area contributed by atoms with Crippen molar-refractivity contribution in [3.8, 4) is 16.5 Å². The highest BCUT2D eigenvalue weighted by atomic mass is 32.1. The fraction of sp³-hybridized carbons (Fsp3) is 0.0769. The first-order valence-electron chi connectivity index (χ1n) is 6.12. The Morgan fingerprint density at radius 2 is 2.23 bits per heavy atom. The molecule has 112 valence electrons. The van der Waals surface area contributed by atoms with Gasteiger partial charge in [0.2, 0.25) is 0 Å². The number of nitrogens with zero attached hydrogens (tertiary/aromatic N) is 3. The highest BCUT2D eigenvalue weighted by molar-refractivity contribution is 7.15. The summed E-state index contributed by atoms with van der Waals surface area (Å²) in [5.41, 5.74) is 1.39. The summed E-state index contributed by atoms with van der Waals surface area (Å²) in [5.74, 6) is 0.389. The average molecular weight is 334 g/mol. The van der Waals surface area contributed by atoms with E-state index in [2.05, 4.69) is 15.3 Å². The molecule has 0 aliphatic heterocycles. The minimum Gasteiger partial charge on any atom is -0.494 e. The Bertz CT molecular complexity index is 801. The van der Waals surface area contributed by atoms with E-state index in [1.807, 2.05) is 10.8 Å². The zero-order valence-electron chi connectivity index (χ0n) is 11.3. The number of aromatic nitrogens is 2. The van der Waals surface area contributed by atoms with Gasteiger partial charge in [-0.2, -0.15) is 0 Å². The first kappa shape index (κ1) is 14.4. The van der Waals surface area contributed by atoms with Crippen LogP contribution in [0.5, 0.6) is 5.75 Å². The van der Waals surface area contributed by atoms with Crippen molar-refractivity contribution in [1.82, 2.24) is 9.97 Å². The summed E-state index contributed by atoms with van der Waals surface area (Å²) in [6.07, 6.45) is 1.73. The number of non-ortho nitro benzene ring substituents is 1. The molecule has 7 nitrogen and oxygen atoms in total. The second kappa shape index (κ2) is 6.08.